The number of aromatic hydroxyl groups is 1. The molecular formula is C9H13ClN2O2. The normalized spacial score (nSPS) is 8.71. The Kier molecular flexibility index (Phi) is 4.80. The second-order valence-electron chi connectivity index (χ2n) is 2.83. The van der Waals surface area contributed by atoms with Crippen molar-refractivity contribution in [2.75, 3.05) is 5.43 Å². The summed E-state index contributed by atoms with van der Waals surface area (Å²) < 4.78 is 0. The van der Waals surface area contributed by atoms with Crippen molar-refractivity contribution in [1.29, 1.82) is 0 Å². The molecule has 0 heterocycles. The van der Waals surface area contributed by atoms with Crippen molar-refractivity contribution >= 4 is 24.0 Å². The average Bonchev–Trinajstić information content (AvgIpc) is 2.02. The predicted molar refractivity (Wildman–Crippen MR) is 57.5 cm³/mol. The van der Waals surface area contributed by atoms with Crippen LogP contribution in [-0.4, -0.2) is 11.0 Å². The van der Waals surface area contributed by atoms with Crippen LogP contribution in [0.2, 0.25) is 0 Å². The molecule has 0 aliphatic rings. The number of rotatable bonds is 2. The summed E-state index contributed by atoms with van der Waals surface area (Å²) in [5, 5.41) is 9.39. The lowest BCUT2D eigenvalue weighted by atomic mass is 10.2. The van der Waals surface area contributed by atoms with Crippen LogP contribution in [0.1, 0.15) is 12.5 Å². The van der Waals surface area contributed by atoms with Crippen molar-refractivity contribution in [1.82, 2.24) is 5.43 Å². The SMILES string of the molecule is CC(=O)NNc1ccc(C)cc1O.Cl. The molecule has 0 aliphatic carbocycles. The largest absolute Gasteiger partial charge is 0.506 e. The second-order valence-corrected chi connectivity index (χ2v) is 2.83. The van der Waals surface area contributed by atoms with Crippen molar-refractivity contribution < 1.29 is 9.90 Å². The number of phenols is 1. The quantitative estimate of drug-likeness (QED) is 0.520. The zero-order valence-electron chi connectivity index (χ0n) is 8.00. The van der Waals surface area contributed by atoms with Gasteiger partial charge in [0.05, 0.1) is 5.69 Å². The van der Waals surface area contributed by atoms with Crippen molar-refractivity contribution in [3.63, 3.8) is 0 Å². The van der Waals surface area contributed by atoms with Gasteiger partial charge in [-0.05, 0) is 24.6 Å². The molecule has 14 heavy (non-hydrogen) atoms. The summed E-state index contributed by atoms with van der Waals surface area (Å²) in [6, 6.07) is 5.15. The Morgan fingerprint density at radius 3 is 2.57 bits per heavy atom. The number of carbonyl (C=O) groups excluding carboxylic acids is 1. The molecule has 1 rings (SSSR count). The van der Waals surface area contributed by atoms with Gasteiger partial charge in [-0.15, -0.1) is 12.4 Å². The highest BCUT2D eigenvalue weighted by Crippen LogP contribution is 2.22. The van der Waals surface area contributed by atoms with Crippen LogP contribution < -0.4 is 10.9 Å². The first-order chi connectivity index (χ1) is 6.09. The summed E-state index contributed by atoms with van der Waals surface area (Å²) in [5.41, 5.74) is 6.41. The van der Waals surface area contributed by atoms with E-state index in [1.807, 2.05) is 13.0 Å². The molecule has 1 aromatic rings. The first-order valence-electron chi connectivity index (χ1n) is 3.92. The summed E-state index contributed by atoms with van der Waals surface area (Å²) in [6.45, 7) is 3.26. The van der Waals surface area contributed by atoms with E-state index in [4.69, 9.17) is 0 Å². The minimum atomic E-state index is -0.208. The van der Waals surface area contributed by atoms with Gasteiger partial charge in [0.25, 0.3) is 0 Å². The average molecular weight is 217 g/mol. The lowest BCUT2D eigenvalue weighted by Gasteiger charge is -2.08. The van der Waals surface area contributed by atoms with Gasteiger partial charge in [0, 0.05) is 6.92 Å². The van der Waals surface area contributed by atoms with Gasteiger partial charge in [0.15, 0.2) is 0 Å². The summed E-state index contributed by atoms with van der Waals surface area (Å²) in [6.07, 6.45) is 0. The Balaban J connectivity index is 0.00000169. The third-order valence-electron chi connectivity index (χ3n) is 1.53. The third kappa shape index (κ3) is 3.53. The maximum atomic E-state index is 10.5. The Morgan fingerprint density at radius 1 is 1.43 bits per heavy atom. The summed E-state index contributed by atoms with van der Waals surface area (Å²) >= 11 is 0. The predicted octanol–water partition coefficient (Wildman–Crippen LogP) is 1.59. The first-order valence-corrected chi connectivity index (χ1v) is 3.92. The molecule has 0 bridgehead atoms. The number of anilines is 1. The van der Waals surface area contributed by atoms with Gasteiger partial charge in [0.1, 0.15) is 5.75 Å². The van der Waals surface area contributed by atoms with E-state index in [9.17, 15) is 9.90 Å². The molecular weight excluding hydrogens is 204 g/mol. The number of nitrogens with one attached hydrogen (secondary N) is 2. The number of benzene rings is 1. The highest BCUT2D eigenvalue weighted by atomic mass is 35.5. The number of aryl methyl sites for hydroxylation is 1. The van der Waals surface area contributed by atoms with Gasteiger partial charge >= 0.3 is 0 Å². The molecule has 1 amide bonds. The van der Waals surface area contributed by atoms with Gasteiger partial charge in [-0.3, -0.25) is 15.6 Å². The van der Waals surface area contributed by atoms with Crippen molar-refractivity contribution in [3.8, 4) is 5.75 Å². The fourth-order valence-electron chi connectivity index (χ4n) is 0.903. The van der Waals surface area contributed by atoms with Crippen LogP contribution in [0.15, 0.2) is 18.2 Å². The lowest BCUT2D eigenvalue weighted by Crippen LogP contribution is -2.26. The molecule has 0 aliphatic heterocycles. The van der Waals surface area contributed by atoms with Crippen LogP contribution >= 0.6 is 12.4 Å². The zero-order chi connectivity index (χ0) is 9.84. The Labute approximate surface area is 88.7 Å². The molecule has 0 radical (unpaired) electrons. The van der Waals surface area contributed by atoms with Gasteiger partial charge in [0.2, 0.25) is 5.91 Å². The van der Waals surface area contributed by atoms with Crippen LogP contribution in [0.5, 0.6) is 5.75 Å². The summed E-state index contributed by atoms with van der Waals surface area (Å²) in [7, 11) is 0. The summed E-state index contributed by atoms with van der Waals surface area (Å²) in [4.78, 5) is 10.5. The number of carbonyl (C=O) groups is 1. The molecule has 78 valence electrons. The number of hydrogen-bond acceptors (Lipinski definition) is 3. The van der Waals surface area contributed by atoms with E-state index in [0.29, 0.717) is 5.69 Å². The standard InChI is InChI=1S/C9H12N2O2.ClH/c1-6-3-4-8(9(13)5-6)11-10-7(2)12;/h3-5,11,13H,1-2H3,(H,10,12);1H. The number of hydrogen-bond donors (Lipinski definition) is 3. The van der Waals surface area contributed by atoms with Gasteiger partial charge in [-0.1, -0.05) is 6.07 Å². The Hall–Kier alpha value is -1.42. The molecule has 5 heteroatoms. The van der Waals surface area contributed by atoms with Crippen LogP contribution in [0.25, 0.3) is 0 Å². The van der Waals surface area contributed by atoms with Crippen molar-refractivity contribution in [3.05, 3.63) is 23.8 Å². The number of halogens is 1. The maximum absolute atomic E-state index is 10.5. The molecule has 0 saturated carbocycles. The molecule has 0 unspecified atom stereocenters. The monoisotopic (exact) mass is 216 g/mol. The lowest BCUT2D eigenvalue weighted by molar-refractivity contribution is -0.118. The highest BCUT2D eigenvalue weighted by Gasteiger charge is 1.99. The molecule has 0 atom stereocenters. The third-order valence-corrected chi connectivity index (χ3v) is 1.53. The van der Waals surface area contributed by atoms with E-state index in [-0.39, 0.29) is 24.1 Å². The molecule has 1 aromatic carbocycles. The van der Waals surface area contributed by atoms with E-state index in [1.54, 1.807) is 12.1 Å². The second kappa shape index (κ2) is 5.34. The van der Waals surface area contributed by atoms with Crippen LogP contribution in [0.3, 0.4) is 0 Å². The Bertz CT molecular complexity index is 329. The van der Waals surface area contributed by atoms with E-state index in [1.165, 1.54) is 6.92 Å². The summed E-state index contributed by atoms with van der Waals surface area (Å²) in [5.74, 6) is -0.0891. The minimum Gasteiger partial charge on any atom is -0.506 e. The molecule has 3 N–H and O–H groups in total. The fourth-order valence-corrected chi connectivity index (χ4v) is 0.903. The Morgan fingerprint density at radius 2 is 2.07 bits per heavy atom. The number of phenolic OH excluding ortho intramolecular Hbond substituents is 1. The molecule has 0 saturated heterocycles. The number of amides is 1. The maximum Gasteiger partial charge on any atom is 0.235 e. The molecule has 0 aromatic heterocycles. The van der Waals surface area contributed by atoms with Crippen LogP contribution in [0, 0.1) is 6.92 Å². The smallest absolute Gasteiger partial charge is 0.235 e. The van der Waals surface area contributed by atoms with Crippen LogP contribution in [-0.2, 0) is 4.79 Å². The zero-order valence-corrected chi connectivity index (χ0v) is 8.81. The van der Waals surface area contributed by atoms with E-state index < -0.39 is 0 Å². The highest BCUT2D eigenvalue weighted by molar-refractivity contribution is 5.85. The minimum absolute atomic E-state index is 0. The first kappa shape index (κ1) is 12.6. The molecule has 4 nitrogen and oxygen atoms in total. The van der Waals surface area contributed by atoms with Gasteiger partial charge in [-0.25, -0.2) is 0 Å². The van der Waals surface area contributed by atoms with Crippen molar-refractivity contribution in [2.24, 2.45) is 0 Å². The van der Waals surface area contributed by atoms with E-state index >= 15 is 0 Å². The fraction of sp³-hybridized carbons (Fsp3) is 0.222. The number of hydrazine groups is 1. The van der Waals surface area contributed by atoms with Crippen LogP contribution in [0.4, 0.5) is 5.69 Å². The van der Waals surface area contributed by atoms with E-state index in [0.717, 1.165) is 5.56 Å². The molecule has 0 fully saturated rings. The molecule has 0 spiro atoms. The topological polar surface area (TPSA) is 61.4 Å². The van der Waals surface area contributed by atoms with Gasteiger partial charge < -0.3 is 5.11 Å². The van der Waals surface area contributed by atoms with Gasteiger partial charge in [-0.2, -0.15) is 0 Å². The van der Waals surface area contributed by atoms with Crippen molar-refractivity contribution in [2.45, 2.75) is 13.8 Å². The van der Waals surface area contributed by atoms with E-state index in [2.05, 4.69) is 10.9 Å².